The number of carboxylic acids is 3. The molecule has 2 aliphatic heterocycles. The molecule has 19 heteroatoms. The summed E-state index contributed by atoms with van der Waals surface area (Å²) >= 11 is 0. The van der Waals surface area contributed by atoms with E-state index in [0.717, 1.165) is 37.7 Å². The predicted octanol–water partition coefficient (Wildman–Crippen LogP) is -3.37. The van der Waals surface area contributed by atoms with E-state index in [0.29, 0.717) is 25.7 Å². The van der Waals surface area contributed by atoms with Crippen molar-refractivity contribution in [1.82, 2.24) is 6.15 Å². The fraction of sp³-hybridized carbons (Fsp3) is 0.857. The predicted molar refractivity (Wildman–Crippen MR) is 205 cm³/mol. The first-order chi connectivity index (χ1) is 26.8. The van der Waals surface area contributed by atoms with Crippen LogP contribution in [0.15, 0.2) is 11.6 Å². The van der Waals surface area contributed by atoms with E-state index in [2.05, 4.69) is 27.7 Å². The quantitative estimate of drug-likeness (QED) is 0.0890. The minimum Gasteiger partial charge on any atom is -0.481 e. The molecule has 0 unspecified atom stereocenters. The van der Waals surface area contributed by atoms with Crippen LogP contribution < -0.4 is 87.1 Å². The molecule has 7 aliphatic rings. The van der Waals surface area contributed by atoms with Gasteiger partial charge in [-0.05, 0) is 110 Å². The van der Waals surface area contributed by atoms with Gasteiger partial charge in [0.15, 0.2) is 30.6 Å². The van der Waals surface area contributed by atoms with Gasteiger partial charge < -0.3 is 66.0 Å². The first-order valence-corrected chi connectivity index (χ1v) is 20.7. The van der Waals surface area contributed by atoms with E-state index in [4.69, 9.17) is 18.9 Å². The molecule has 17 nitrogen and oxygen atoms in total. The number of hydrogen-bond donors (Lipinski definition) is 9. The number of carbonyl (C=O) groups is 4. The number of fused-ring (bicyclic) bond motifs is 7. The molecular weight excluding hydrogens is 837 g/mol. The maximum absolute atomic E-state index is 14.8. The number of allylic oxidation sites excluding steroid dienone is 2. The van der Waals surface area contributed by atoms with Crippen molar-refractivity contribution < 1.29 is 160 Å². The van der Waals surface area contributed by atoms with Crippen LogP contribution in [0.2, 0.25) is 0 Å². The number of ketones is 1. The molecule has 4 saturated carbocycles. The number of aliphatic hydroxyl groups excluding tert-OH is 5. The van der Waals surface area contributed by atoms with Gasteiger partial charge in [-0.3, -0.25) is 9.59 Å². The van der Waals surface area contributed by atoms with Gasteiger partial charge in [0, 0.05) is 5.92 Å². The Kier molecular flexibility index (Phi) is 16.1. The third-order valence-electron chi connectivity index (χ3n) is 17.2. The molecule has 61 heavy (non-hydrogen) atoms. The second-order valence-electron chi connectivity index (χ2n) is 20.6. The Morgan fingerprint density at radius 1 is 0.705 bits per heavy atom. The maximum atomic E-state index is 14.8. The van der Waals surface area contributed by atoms with E-state index in [1.54, 1.807) is 0 Å². The number of carboxylic acid groups (broad SMARTS) is 3. The SMILES string of the molecule is CC1(C)[C@@H](O[C@H]2O[C@H](C(=O)O)[C@@H](O)[C@H](O)[C@H]2O[C@@H]2O[C@H](C(=O)O)[C@@H](O)[C@H](O)[C@H]2O)CC[C@]2(C)[C@H]3C(=O)C=C4[C@@H]5C[C@@](C)(C(=O)O)CC[C@]5(C)CC[C@@]4(C)[C@]3(C)CC[C@@H]12.[K+].[NH4+].[Na+]. The van der Waals surface area contributed by atoms with Crippen LogP contribution in [-0.4, -0.2) is 132 Å². The molecule has 0 amide bonds. The summed E-state index contributed by atoms with van der Waals surface area (Å²) in [5.74, 6) is -4.47. The van der Waals surface area contributed by atoms with Crippen LogP contribution in [0.1, 0.15) is 106 Å². The molecule has 5 aliphatic carbocycles. The Morgan fingerprint density at radius 2 is 1.26 bits per heavy atom. The van der Waals surface area contributed by atoms with Gasteiger partial charge in [-0.15, -0.1) is 0 Å². The summed E-state index contributed by atoms with van der Waals surface area (Å²) in [4.78, 5) is 51.3. The van der Waals surface area contributed by atoms with Gasteiger partial charge in [0.2, 0.25) is 0 Å². The minimum atomic E-state index is -2.05. The topological polar surface area (TPSA) is 304 Å². The van der Waals surface area contributed by atoms with E-state index < -0.39 is 107 Å². The normalized spacial score (nSPS) is 50.0. The summed E-state index contributed by atoms with van der Waals surface area (Å²) in [6.45, 7) is 14.8. The van der Waals surface area contributed by atoms with Crippen molar-refractivity contribution in [1.29, 1.82) is 0 Å². The van der Waals surface area contributed by atoms with E-state index in [1.165, 1.54) is 0 Å². The Balaban J connectivity index is 0.00000273. The van der Waals surface area contributed by atoms with Crippen LogP contribution in [0.25, 0.3) is 0 Å². The summed E-state index contributed by atoms with van der Waals surface area (Å²) in [6.07, 6.45) is -12.2. The van der Waals surface area contributed by atoms with Crippen molar-refractivity contribution >= 4 is 23.7 Å². The fourth-order valence-corrected chi connectivity index (χ4v) is 13.4. The van der Waals surface area contributed by atoms with Crippen molar-refractivity contribution in [2.45, 2.75) is 174 Å². The Hall–Kier alpha value is 0.0564. The summed E-state index contributed by atoms with van der Waals surface area (Å²) < 4.78 is 23.4. The fourth-order valence-electron chi connectivity index (χ4n) is 13.4. The minimum absolute atomic E-state index is 0. The number of quaternary nitrogens is 1. The molecule has 0 aromatic rings. The van der Waals surface area contributed by atoms with Crippen LogP contribution in [-0.2, 0) is 38.1 Å². The van der Waals surface area contributed by atoms with Gasteiger partial charge in [0.05, 0.1) is 11.5 Å². The molecule has 0 aromatic carbocycles. The molecule has 7 rings (SSSR count). The molecule has 6 fully saturated rings. The Bertz CT molecular complexity index is 1750. The molecule has 12 N–H and O–H groups in total. The van der Waals surface area contributed by atoms with Gasteiger partial charge in [0.25, 0.3) is 0 Å². The van der Waals surface area contributed by atoms with Crippen molar-refractivity contribution in [3.8, 4) is 0 Å². The van der Waals surface area contributed by atoms with E-state index in [9.17, 15) is 60.0 Å². The third kappa shape index (κ3) is 8.31. The molecular formula is C42H66KNNaO16+3. The molecule has 0 spiro atoms. The molecule has 2 heterocycles. The van der Waals surface area contributed by atoms with Crippen molar-refractivity contribution in [2.75, 3.05) is 0 Å². The Morgan fingerprint density at radius 3 is 1.84 bits per heavy atom. The van der Waals surface area contributed by atoms with Gasteiger partial charge >= 0.3 is 98.8 Å². The van der Waals surface area contributed by atoms with E-state index in [-0.39, 0.29) is 121 Å². The van der Waals surface area contributed by atoms with E-state index in [1.807, 2.05) is 26.8 Å². The first kappa shape index (κ1) is 53.7. The number of hydrogen-bond acceptors (Lipinski definition) is 13. The van der Waals surface area contributed by atoms with Gasteiger partial charge in [-0.1, -0.05) is 47.1 Å². The average molecular weight is 903 g/mol. The van der Waals surface area contributed by atoms with Crippen molar-refractivity contribution in [3.63, 3.8) is 0 Å². The van der Waals surface area contributed by atoms with Crippen LogP contribution in [0.4, 0.5) is 0 Å². The van der Waals surface area contributed by atoms with Crippen LogP contribution in [0.3, 0.4) is 0 Å². The first-order valence-electron chi connectivity index (χ1n) is 20.7. The van der Waals surface area contributed by atoms with Crippen LogP contribution in [0, 0.1) is 50.2 Å². The van der Waals surface area contributed by atoms with Gasteiger partial charge in [0.1, 0.15) is 36.6 Å². The zero-order valence-electron chi connectivity index (χ0n) is 37.4. The number of rotatable bonds is 7. The second-order valence-corrected chi connectivity index (χ2v) is 20.6. The number of carbonyl (C=O) groups excluding carboxylic acids is 1. The number of aliphatic carboxylic acids is 3. The van der Waals surface area contributed by atoms with Crippen LogP contribution >= 0.6 is 0 Å². The monoisotopic (exact) mass is 902 g/mol. The standard InChI is InChI=1S/C42H62O16.K.H3N.Na/c1-37(2)21-8-11-42(7)31(20(43)16-18-19-17-39(4,36(53)54)13-12-38(19,3)14-15-41(18,42)6)40(21,5)10-9-22(37)55-35-30(26(47)25(46)29(57-35)33(51)52)58-34-27(48)23(44)24(45)28(56-34)32(49)50;;;/h16,19,21-31,34-35,44-48H,8-15,17H2,1-7H3,(H,49,50)(H,51,52)(H,53,54);;1H3;/q;+1;;+1/p+1/t19-,21-,22-,23-,24-,25-,26-,27+,28-,29-,30+,31+,34-,35-,38+,39-,40-,41+,42+;;;/m0.../s1. The van der Waals surface area contributed by atoms with Crippen LogP contribution in [0.5, 0.6) is 0 Å². The molecule has 334 valence electrons. The zero-order valence-corrected chi connectivity index (χ0v) is 42.5. The summed E-state index contributed by atoms with van der Waals surface area (Å²) in [5.41, 5.74) is -1.81. The Labute approximate surface area is 421 Å². The largest absolute Gasteiger partial charge is 1.00 e. The van der Waals surface area contributed by atoms with Crippen molar-refractivity contribution in [2.24, 2.45) is 50.2 Å². The average Bonchev–Trinajstić information content (AvgIpc) is 3.13. The van der Waals surface area contributed by atoms with Gasteiger partial charge in [-0.2, -0.15) is 0 Å². The number of aliphatic hydroxyl groups is 5. The summed E-state index contributed by atoms with van der Waals surface area (Å²) in [5, 5.41) is 83.0. The summed E-state index contributed by atoms with van der Waals surface area (Å²) in [7, 11) is 0. The maximum Gasteiger partial charge on any atom is 1.00 e. The molecule has 0 aromatic heterocycles. The third-order valence-corrected chi connectivity index (χ3v) is 17.2. The molecule has 19 atom stereocenters. The smallest absolute Gasteiger partial charge is 0.481 e. The molecule has 0 bridgehead atoms. The van der Waals surface area contributed by atoms with Crippen molar-refractivity contribution in [3.05, 3.63) is 11.6 Å². The molecule has 0 radical (unpaired) electrons. The second kappa shape index (κ2) is 18.3. The molecule has 2 saturated heterocycles. The van der Waals surface area contributed by atoms with Gasteiger partial charge in [-0.25, -0.2) is 9.59 Å². The summed E-state index contributed by atoms with van der Waals surface area (Å²) in [6, 6.07) is 0. The van der Waals surface area contributed by atoms with E-state index >= 15 is 0 Å². The zero-order chi connectivity index (χ0) is 42.9. The number of ether oxygens (including phenoxy) is 4.